The van der Waals surface area contributed by atoms with Gasteiger partial charge >= 0.3 is 0 Å². The predicted molar refractivity (Wildman–Crippen MR) is 115 cm³/mol. The largest absolute Gasteiger partial charge is 0.484 e. The fourth-order valence-corrected chi connectivity index (χ4v) is 3.97. The van der Waals surface area contributed by atoms with E-state index in [9.17, 15) is 4.79 Å². The average molecular weight is 388 g/mol. The Balaban J connectivity index is 1.40. The number of carbonyl (C=O) groups excluding carboxylic acids is 1. The number of benzene rings is 3. The number of thiazole rings is 1. The van der Waals surface area contributed by atoms with Gasteiger partial charge < -0.3 is 10.1 Å². The van der Waals surface area contributed by atoms with Crippen LogP contribution in [0.25, 0.3) is 20.8 Å². The number of nitrogens with zero attached hydrogens (tertiary/aromatic N) is 1. The van der Waals surface area contributed by atoms with Crippen LogP contribution < -0.4 is 10.1 Å². The Hall–Kier alpha value is -3.18. The van der Waals surface area contributed by atoms with Gasteiger partial charge in [0.05, 0.1) is 10.2 Å². The molecule has 1 aromatic heterocycles. The van der Waals surface area contributed by atoms with E-state index in [1.165, 1.54) is 10.3 Å². The van der Waals surface area contributed by atoms with Gasteiger partial charge in [-0.1, -0.05) is 18.2 Å². The molecule has 4 nitrogen and oxygen atoms in total. The SMILES string of the molecule is Cc1cccc(OCC(=O)Nc2ccc(-c3nc4ccc(C)cc4s3)cc2)c1. The highest BCUT2D eigenvalue weighted by molar-refractivity contribution is 7.21. The predicted octanol–water partition coefficient (Wildman–Crippen LogP) is 5.60. The zero-order valence-corrected chi connectivity index (χ0v) is 16.5. The lowest BCUT2D eigenvalue weighted by Gasteiger charge is -2.08. The molecule has 3 aromatic carbocycles. The van der Waals surface area contributed by atoms with Crippen LogP contribution in [0.15, 0.2) is 66.7 Å². The lowest BCUT2D eigenvalue weighted by molar-refractivity contribution is -0.118. The Morgan fingerprint density at radius 1 is 1.00 bits per heavy atom. The van der Waals surface area contributed by atoms with Gasteiger partial charge in [0.15, 0.2) is 6.61 Å². The monoisotopic (exact) mass is 388 g/mol. The van der Waals surface area contributed by atoms with Crippen molar-refractivity contribution in [2.45, 2.75) is 13.8 Å². The summed E-state index contributed by atoms with van der Waals surface area (Å²) in [5, 5.41) is 3.83. The van der Waals surface area contributed by atoms with Gasteiger partial charge in [0, 0.05) is 11.3 Å². The second-order valence-electron chi connectivity index (χ2n) is 6.72. The van der Waals surface area contributed by atoms with Crippen molar-refractivity contribution >= 4 is 33.1 Å². The fraction of sp³-hybridized carbons (Fsp3) is 0.130. The molecule has 4 aromatic rings. The lowest BCUT2D eigenvalue weighted by Crippen LogP contribution is -2.20. The summed E-state index contributed by atoms with van der Waals surface area (Å²) in [5.74, 6) is 0.501. The fourth-order valence-electron chi connectivity index (χ4n) is 2.90. The lowest BCUT2D eigenvalue weighted by atomic mass is 10.2. The summed E-state index contributed by atoms with van der Waals surface area (Å²) in [7, 11) is 0. The molecule has 140 valence electrons. The van der Waals surface area contributed by atoms with Crippen LogP contribution >= 0.6 is 11.3 Å². The number of hydrogen-bond acceptors (Lipinski definition) is 4. The van der Waals surface area contributed by atoms with Gasteiger partial charge in [-0.3, -0.25) is 4.79 Å². The van der Waals surface area contributed by atoms with Crippen molar-refractivity contribution in [2.75, 3.05) is 11.9 Å². The van der Waals surface area contributed by atoms with Crippen molar-refractivity contribution in [1.29, 1.82) is 0 Å². The molecule has 1 N–H and O–H groups in total. The third-order valence-corrected chi connectivity index (χ3v) is 5.39. The minimum atomic E-state index is -0.190. The van der Waals surface area contributed by atoms with E-state index in [-0.39, 0.29) is 12.5 Å². The molecular weight excluding hydrogens is 368 g/mol. The number of amides is 1. The molecule has 0 bridgehead atoms. The minimum Gasteiger partial charge on any atom is -0.484 e. The number of rotatable bonds is 5. The number of carbonyl (C=O) groups is 1. The van der Waals surface area contributed by atoms with Crippen molar-refractivity contribution < 1.29 is 9.53 Å². The van der Waals surface area contributed by atoms with Crippen LogP contribution in [0.3, 0.4) is 0 Å². The van der Waals surface area contributed by atoms with E-state index in [0.717, 1.165) is 27.3 Å². The molecule has 0 aliphatic heterocycles. The first-order chi connectivity index (χ1) is 13.6. The molecule has 0 saturated carbocycles. The van der Waals surface area contributed by atoms with E-state index >= 15 is 0 Å². The van der Waals surface area contributed by atoms with Gasteiger partial charge in [0.1, 0.15) is 10.8 Å². The van der Waals surface area contributed by atoms with E-state index < -0.39 is 0 Å². The number of aryl methyl sites for hydroxylation is 2. The topological polar surface area (TPSA) is 51.2 Å². The van der Waals surface area contributed by atoms with Crippen LogP contribution in [0, 0.1) is 13.8 Å². The third-order valence-electron chi connectivity index (χ3n) is 4.32. The van der Waals surface area contributed by atoms with Gasteiger partial charge in [-0.2, -0.15) is 0 Å². The second-order valence-corrected chi connectivity index (χ2v) is 7.75. The van der Waals surface area contributed by atoms with Crippen molar-refractivity contribution in [3.05, 3.63) is 77.9 Å². The summed E-state index contributed by atoms with van der Waals surface area (Å²) >= 11 is 1.67. The molecule has 0 radical (unpaired) electrons. The molecule has 4 rings (SSSR count). The molecule has 0 aliphatic carbocycles. The maximum atomic E-state index is 12.1. The van der Waals surface area contributed by atoms with Crippen LogP contribution in [0.5, 0.6) is 5.75 Å². The Morgan fingerprint density at radius 2 is 1.79 bits per heavy atom. The quantitative estimate of drug-likeness (QED) is 0.484. The Kier molecular flexibility index (Phi) is 5.08. The Morgan fingerprint density at radius 3 is 2.57 bits per heavy atom. The molecule has 0 saturated heterocycles. The zero-order chi connectivity index (χ0) is 19.5. The van der Waals surface area contributed by atoms with E-state index in [4.69, 9.17) is 9.72 Å². The molecular formula is C23H20N2O2S. The number of aromatic nitrogens is 1. The van der Waals surface area contributed by atoms with E-state index in [0.29, 0.717) is 5.75 Å². The zero-order valence-electron chi connectivity index (χ0n) is 15.7. The molecule has 28 heavy (non-hydrogen) atoms. The number of ether oxygens (including phenoxy) is 1. The van der Waals surface area contributed by atoms with Crippen molar-refractivity contribution in [3.63, 3.8) is 0 Å². The molecule has 1 amide bonds. The summed E-state index contributed by atoms with van der Waals surface area (Å²) in [4.78, 5) is 16.8. The first-order valence-electron chi connectivity index (χ1n) is 9.04. The number of anilines is 1. The molecule has 5 heteroatoms. The number of fused-ring (bicyclic) bond motifs is 1. The maximum Gasteiger partial charge on any atom is 0.262 e. The molecule has 0 spiro atoms. The molecule has 1 heterocycles. The molecule has 0 atom stereocenters. The van der Waals surface area contributed by atoms with Crippen LogP contribution in [0.2, 0.25) is 0 Å². The summed E-state index contributed by atoms with van der Waals surface area (Å²) in [6, 6.07) is 21.6. The Labute approximate surface area is 167 Å². The molecule has 0 fully saturated rings. The van der Waals surface area contributed by atoms with Gasteiger partial charge in [0.2, 0.25) is 0 Å². The standard InChI is InChI=1S/C23H20N2O2S/c1-15-4-3-5-19(12-15)27-14-22(26)24-18-9-7-17(8-10-18)23-25-20-11-6-16(2)13-21(20)28-23/h3-13H,14H2,1-2H3,(H,24,26). The highest BCUT2D eigenvalue weighted by Crippen LogP contribution is 2.31. The van der Waals surface area contributed by atoms with Crippen LogP contribution in [0.1, 0.15) is 11.1 Å². The van der Waals surface area contributed by atoms with Crippen molar-refractivity contribution in [3.8, 4) is 16.3 Å². The van der Waals surface area contributed by atoms with Gasteiger partial charge in [-0.15, -0.1) is 11.3 Å². The molecule has 0 aliphatic rings. The highest BCUT2D eigenvalue weighted by atomic mass is 32.1. The maximum absolute atomic E-state index is 12.1. The third kappa shape index (κ3) is 4.21. The number of nitrogens with one attached hydrogen (secondary N) is 1. The van der Waals surface area contributed by atoms with Gasteiger partial charge in [-0.05, 0) is 73.5 Å². The Bertz CT molecular complexity index is 1130. The van der Waals surface area contributed by atoms with Crippen LogP contribution in [0.4, 0.5) is 5.69 Å². The van der Waals surface area contributed by atoms with Gasteiger partial charge in [0.25, 0.3) is 5.91 Å². The normalized spacial score (nSPS) is 10.8. The molecule has 0 unspecified atom stereocenters. The average Bonchev–Trinajstić information content (AvgIpc) is 3.10. The second kappa shape index (κ2) is 7.82. The van der Waals surface area contributed by atoms with Crippen LogP contribution in [-0.2, 0) is 4.79 Å². The summed E-state index contributed by atoms with van der Waals surface area (Å²) < 4.78 is 6.72. The first kappa shape index (κ1) is 18.2. The summed E-state index contributed by atoms with van der Waals surface area (Å²) in [6.07, 6.45) is 0. The smallest absolute Gasteiger partial charge is 0.262 e. The minimum absolute atomic E-state index is 0.0254. The highest BCUT2D eigenvalue weighted by Gasteiger charge is 2.08. The number of hydrogen-bond donors (Lipinski definition) is 1. The van der Waals surface area contributed by atoms with E-state index in [2.05, 4.69) is 24.4 Å². The van der Waals surface area contributed by atoms with Crippen LogP contribution in [-0.4, -0.2) is 17.5 Å². The summed E-state index contributed by atoms with van der Waals surface area (Å²) in [6.45, 7) is 4.04. The van der Waals surface area contributed by atoms with E-state index in [1.807, 2.05) is 61.5 Å². The van der Waals surface area contributed by atoms with Gasteiger partial charge in [-0.25, -0.2) is 4.98 Å². The summed E-state index contributed by atoms with van der Waals surface area (Å²) in [5.41, 5.74) is 5.11. The van der Waals surface area contributed by atoms with E-state index in [1.54, 1.807) is 11.3 Å². The van der Waals surface area contributed by atoms with Crippen molar-refractivity contribution in [1.82, 2.24) is 4.98 Å². The first-order valence-corrected chi connectivity index (χ1v) is 9.85. The van der Waals surface area contributed by atoms with Crippen molar-refractivity contribution in [2.24, 2.45) is 0 Å².